The molecule has 0 fully saturated rings. The molecule has 0 bridgehead atoms. The molecule has 0 atom stereocenters. The lowest BCUT2D eigenvalue weighted by atomic mass is 9.61. The fourth-order valence-electron chi connectivity index (χ4n) is 6.73. The number of hydrogen-bond acceptors (Lipinski definition) is 3. The van der Waals surface area contributed by atoms with Gasteiger partial charge in [-0.05, 0) is 72.5 Å². The van der Waals surface area contributed by atoms with E-state index in [9.17, 15) is 0 Å². The highest BCUT2D eigenvalue weighted by atomic mass is 16.5. The van der Waals surface area contributed by atoms with Crippen LogP contribution in [0.25, 0.3) is 0 Å². The maximum atomic E-state index is 6.51. The van der Waals surface area contributed by atoms with E-state index in [4.69, 9.17) is 9.47 Å². The van der Waals surface area contributed by atoms with E-state index < -0.39 is 5.41 Å². The standard InChI is InChI=1S/C39H29NO2/c1-26-13-3-10-20-35(26)41-38-25-28(24-23-27(38)2)40-33-18-8-4-14-29(33)39(30-15-5-9-19-34(30)40)31-16-6-11-21-36(31)42-37-22-12-7-17-32(37)39/h3-25H,1-2H3. The van der Waals surface area contributed by atoms with E-state index in [0.29, 0.717) is 0 Å². The Morgan fingerprint density at radius 1 is 0.500 bits per heavy atom. The summed E-state index contributed by atoms with van der Waals surface area (Å²) in [6.45, 7) is 4.18. The fraction of sp³-hybridized carbons (Fsp3) is 0.0769. The smallest absolute Gasteiger partial charge is 0.132 e. The van der Waals surface area contributed by atoms with E-state index in [-0.39, 0.29) is 0 Å². The van der Waals surface area contributed by atoms with Crippen LogP contribution in [-0.2, 0) is 5.41 Å². The highest BCUT2D eigenvalue weighted by Crippen LogP contribution is 2.62. The van der Waals surface area contributed by atoms with Crippen LogP contribution in [0.15, 0.2) is 140 Å². The Morgan fingerprint density at radius 3 is 1.62 bits per heavy atom. The van der Waals surface area contributed by atoms with Crippen LogP contribution in [-0.4, -0.2) is 0 Å². The number of aryl methyl sites for hydroxylation is 2. The molecule has 0 aromatic heterocycles. The number of benzene rings is 6. The first-order chi connectivity index (χ1) is 20.7. The average molecular weight is 544 g/mol. The third-order valence-electron chi connectivity index (χ3n) is 8.64. The Morgan fingerprint density at radius 2 is 1.00 bits per heavy atom. The van der Waals surface area contributed by atoms with E-state index >= 15 is 0 Å². The molecule has 0 saturated heterocycles. The van der Waals surface area contributed by atoms with Crippen molar-refractivity contribution in [1.29, 1.82) is 0 Å². The van der Waals surface area contributed by atoms with Gasteiger partial charge in [0.05, 0.1) is 16.8 Å². The van der Waals surface area contributed by atoms with Gasteiger partial charge in [0.1, 0.15) is 23.0 Å². The van der Waals surface area contributed by atoms with Crippen LogP contribution in [0.1, 0.15) is 33.4 Å². The maximum Gasteiger partial charge on any atom is 0.132 e. The summed E-state index contributed by atoms with van der Waals surface area (Å²) in [5.74, 6) is 3.49. The molecule has 42 heavy (non-hydrogen) atoms. The molecule has 6 aromatic carbocycles. The lowest BCUT2D eigenvalue weighted by molar-refractivity contribution is 0.434. The predicted molar refractivity (Wildman–Crippen MR) is 169 cm³/mol. The largest absolute Gasteiger partial charge is 0.457 e. The first kappa shape index (κ1) is 24.5. The average Bonchev–Trinajstić information content (AvgIpc) is 3.03. The maximum absolute atomic E-state index is 6.51. The summed E-state index contributed by atoms with van der Waals surface area (Å²) in [5.41, 5.74) is 9.70. The summed E-state index contributed by atoms with van der Waals surface area (Å²) in [4.78, 5) is 2.38. The minimum atomic E-state index is -0.541. The molecule has 8 rings (SSSR count). The highest BCUT2D eigenvalue weighted by Gasteiger charge is 2.50. The van der Waals surface area contributed by atoms with E-state index in [1.54, 1.807) is 0 Å². The number of rotatable bonds is 3. The van der Waals surface area contributed by atoms with Gasteiger partial charge in [0, 0.05) is 22.9 Å². The second-order valence-electron chi connectivity index (χ2n) is 11.0. The Balaban J connectivity index is 1.40. The van der Waals surface area contributed by atoms with Gasteiger partial charge in [-0.1, -0.05) is 97.1 Å². The molecule has 2 aliphatic rings. The van der Waals surface area contributed by atoms with Crippen molar-refractivity contribution in [2.24, 2.45) is 0 Å². The first-order valence-corrected chi connectivity index (χ1v) is 14.4. The molecule has 0 amide bonds. The molecule has 3 nitrogen and oxygen atoms in total. The topological polar surface area (TPSA) is 21.7 Å². The number of ether oxygens (including phenoxy) is 2. The van der Waals surface area contributed by atoms with Crippen molar-refractivity contribution in [1.82, 2.24) is 0 Å². The molecule has 0 aliphatic carbocycles. The molecule has 0 N–H and O–H groups in total. The molecular weight excluding hydrogens is 514 g/mol. The monoisotopic (exact) mass is 543 g/mol. The number of hydrogen-bond donors (Lipinski definition) is 0. The van der Waals surface area contributed by atoms with Gasteiger partial charge in [0.2, 0.25) is 0 Å². The normalized spacial score (nSPS) is 13.8. The molecule has 2 heterocycles. The number of fused-ring (bicyclic) bond motifs is 8. The van der Waals surface area contributed by atoms with Gasteiger partial charge >= 0.3 is 0 Å². The second kappa shape index (κ2) is 9.39. The van der Waals surface area contributed by atoms with E-state index in [1.807, 2.05) is 18.2 Å². The summed E-state index contributed by atoms with van der Waals surface area (Å²) in [6.07, 6.45) is 0. The minimum absolute atomic E-state index is 0.541. The van der Waals surface area contributed by atoms with E-state index in [0.717, 1.165) is 62.3 Å². The van der Waals surface area contributed by atoms with Crippen LogP contribution < -0.4 is 14.4 Å². The van der Waals surface area contributed by atoms with Gasteiger partial charge in [-0.25, -0.2) is 0 Å². The van der Waals surface area contributed by atoms with Crippen molar-refractivity contribution in [3.63, 3.8) is 0 Å². The van der Waals surface area contributed by atoms with E-state index in [1.165, 1.54) is 11.1 Å². The SMILES string of the molecule is Cc1ccccc1Oc1cc(N2c3ccccc3C3(c4ccccc4Oc4ccccc43)c3ccccc32)ccc1C. The first-order valence-electron chi connectivity index (χ1n) is 14.4. The van der Waals surface area contributed by atoms with Gasteiger partial charge in [0.15, 0.2) is 0 Å². The molecule has 1 spiro atoms. The predicted octanol–water partition coefficient (Wildman–Crippen LogP) is 10.4. The lowest BCUT2D eigenvalue weighted by Crippen LogP contribution is -2.39. The number of nitrogens with zero attached hydrogens (tertiary/aromatic N) is 1. The van der Waals surface area contributed by atoms with Gasteiger partial charge in [-0.2, -0.15) is 0 Å². The van der Waals surface area contributed by atoms with Crippen LogP contribution in [0.3, 0.4) is 0 Å². The van der Waals surface area contributed by atoms with Crippen LogP contribution in [0.2, 0.25) is 0 Å². The molecule has 2 aliphatic heterocycles. The zero-order valence-corrected chi connectivity index (χ0v) is 23.5. The van der Waals surface area contributed by atoms with Gasteiger partial charge in [-0.3, -0.25) is 0 Å². The number of para-hydroxylation sites is 5. The zero-order chi connectivity index (χ0) is 28.3. The van der Waals surface area contributed by atoms with Crippen molar-refractivity contribution >= 4 is 17.1 Å². The van der Waals surface area contributed by atoms with Crippen LogP contribution in [0, 0.1) is 13.8 Å². The molecule has 6 aromatic rings. The molecule has 0 saturated carbocycles. The quantitative estimate of drug-likeness (QED) is 0.221. The van der Waals surface area contributed by atoms with Crippen molar-refractivity contribution in [2.75, 3.05) is 4.90 Å². The number of anilines is 3. The zero-order valence-electron chi connectivity index (χ0n) is 23.5. The molecule has 3 heteroatoms. The van der Waals surface area contributed by atoms with Crippen molar-refractivity contribution in [3.05, 3.63) is 173 Å². The Hall–Kier alpha value is -5.28. The lowest BCUT2D eigenvalue weighted by Gasteiger charge is -2.48. The second-order valence-corrected chi connectivity index (χ2v) is 11.0. The fourth-order valence-corrected chi connectivity index (χ4v) is 6.73. The Kier molecular flexibility index (Phi) is 5.48. The molecule has 202 valence electrons. The van der Waals surface area contributed by atoms with Gasteiger partial charge < -0.3 is 14.4 Å². The molecular formula is C39H29NO2. The van der Waals surface area contributed by atoms with Crippen molar-refractivity contribution in [3.8, 4) is 23.0 Å². The minimum Gasteiger partial charge on any atom is -0.457 e. The third-order valence-corrected chi connectivity index (χ3v) is 8.64. The summed E-state index contributed by atoms with van der Waals surface area (Å²) in [6, 6.07) is 49.2. The third kappa shape index (κ3) is 3.47. The van der Waals surface area contributed by atoms with Crippen LogP contribution in [0.4, 0.5) is 17.1 Å². The summed E-state index contributed by atoms with van der Waals surface area (Å²) < 4.78 is 13.0. The van der Waals surface area contributed by atoms with Crippen LogP contribution in [0.5, 0.6) is 23.0 Å². The molecule has 0 radical (unpaired) electrons. The van der Waals surface area contributed by atoms with Gasteiger partial charge in [0.25, 0.3) is 0 Å². The van der Waals surface area contributed by atoms with Crippen molar-refractivity contribution < 1.29 is 9.47 Å². The summed E-state index contributed by atoms with van der Waals surface area (Å²) >= 11 is 0. The highest BCUT2D eigenvalue weighted by molar-refractivity contribution is 5.91. The molecule has 0 unspecified atom stereocenters. The van der Waals surface area contributed by atoms with E-state index in [2.05, 4.69) is 140 Å². The summed E-state index contributed by atoms with van der Waals surface area (Å²) in [7, 11) is 0. The van der Waals surface area contributed by atoms with Crippen molar-refractivity contribution in [2.45, 2.75) is 19.3 Å². The van der Waals surface area contributed by atoms with Crippen LogP contribution >= 0.6 is 0 Å². The Bertz CT molecular complexity index is 1900. The summed E-state index contributed by atoms with van der Waals surface area (Å²) in [5, 5.41) is 0. The van der Waals surface area contributed by atoms with Gasteiger partial charge in [-0.15, -0.1) is 0 Å². The Labute approximate surface area is 246 Å².